The minimum absolute atomic E-state index is 0.156. The summed E-state index contributed by atoms with van der Waals surface area (Å²) in [6, 6.07) is 4.98. The van der Waals surface area contributed by atoms with E-state index in [0.717, 1.165) is 50.6 Å². The third-order valence-corrected chi connectivity index (χ3v) is 6.25. The highest BCUT2D eigenvalue weighted by Gasteiger charge is 2.26. The molecule has 5 nitrogen and oxygen atoms in total. The van der Waals surface area contributed by atoms with E-state index in [4.69, 9.17) is 16.3 Å². The Bertz CT molecular complexity index is 819. The average molecular weight is 428 g/mol. The Kier molecular flexibility index (Phi) is 7.57. The van der Waals surface area contributed by atoms with Gasteiger partial charge in [0.2, 0.25) is 0 Å². The van der Waals surface area contributed by atoms with Crippen molar-refractivity contribution in [2.45, 2.75) is 57.0 Å². The van der Waals surface area contributed by atoms with Crippen molar-refractivity contribution in [2.24, 2.45) is 5.92 Å². The number of carbonyl (C=O) groups excluding carboxylic acids is 1. The van der Waals surface area contributed by atoms with E-state index in [2.05, 4.69) is 6.08 Å². The number of likely N-dealkylation sites (tertiary alicyclic amines) is 1. The molecule has 0 atom stereocenters. The predicted octanol–water partition coefficient (Wildman–Crippen LogP) is 5.18. The zero-order valence-electron chi connectivity index (χ0n) is 17.1. The zero-order chi connectivity index (χ0) is 20.9. The maximum absolute atomic E-state index is 12.1. The van der Waals surface area contributed by atoms with E-state index in [9.17, 15) is 13.2 Å². The molecule has 0 saturated carbocycles. The van der Waals surface area contributed by atoms with Gasteiger partial charge in [-0.2, -0.15) is 0 Å². The highest BCUT2D eigenvalue weighted by molar-refractivity contribution is 7.90. The molecule has 0 N–H and O–H groups in total. The maximum Gasteiger partial charge on any atom is 0.410 e. The molecular weight excluding hydrogens is 398 g/mol. The first-order chi connectivity index (χ1) is 13.0. The molecular formula is C21H30ClNO4S. The van der Waals surface area contributed by atoms with E-state index in [1.165, 1.54) is 0 Å². The molecule has 1 aromatic carbocycles. The number of hydrogen-bond acceptors (Lipinski definition) is 4. The van der Waals surface area contributed by atoms with Crippen LogP contribution < -0.4 is 0 Å². The van der Waals surface area contributed by atoms with Crippen LogP contribution in [-0.2, 0) is 14.6 Å². The lowest BCUT2D eigenvalue weighted by Gasteiger charge is -2.33. The molecule has 7 heteroatoms. The van der Waals surface area contributed by atoms with Gasteiger partial charge in [-0.05, 0) is 70.1 Å². The van der Waals surface area contributed by atoms with Crippen LogP contribution in [-0.4, -0.2) is 44.4 Å². The van der Waals surface area contributed by atoms with Gasteiger partial charge >= 0.3 is 6.09 Å². The Balaban J connectivity index is 1.77. The second kappa shape index (κ2) is 9.31. The molecule has 1 aromatic rings. The lowest BCUT2D eigenvalue weighted by Crippen LogP contribution is -2.41. The van der Waals surface area contributed by atoms with E-state index < -0.39 is 15.4 Å². The van der Waals surface area contributed by atoms with E-state index >= 15 is 0 Å². The average Bonchev–Trinajstić information content (AvgIpc) is 2.56. The summed E-state index contributed by atoms with van der Waals surface area (Å²) in [6.45, 7) is 7.13. The van der Waals surface area contributed by atoms with Crippen molar-refractivity contribution in [1.82, 2.24) is 4.90 Å². The fraction of sp³-hybridized carbons (Fsp3) is 0.571. The first kappa shape index (κ1) is 22.8. The Morgan fingerprint density at radius 3 is 2.46 bits per heavy atom. The minimum atomic E-state index is -3.30. The molecule has 1 heterocycles. The quantitative estimate of drug-likeness (QED) is 0.649. The Labute approximate surface area is 173 Å². The van der Waals surface area contributed by atoms with Gasteiger partial charge in [0, 0.05) is 19.3 Å². The molecule has 0 bridgehead atoms. The van der Waals surface area contributed by atoms with Crippen molar-refractivity contribution in [3.63, 3.8) is 0 Å². The number of amides is 1. The van der Waals surface area contributed by atoms with Crippen LogP contribution in [0.2, 0.25) is 5.02 Å². The molecule has 1 saturated heterocycles. The summed E-state index contributed by atoms with van der Waals surface area (Å²) in [5, 5.41) is 0.249. The number of hydrogen-bond donors (Lipinski definition) is 0. The minimum Gasteiger partial charge on any atom is -0.444 e. The second-order valence-corrected chi connectivity index (χ2v) is 10.7. The Hall–Kier alpha value is -1.53. The summed E-state index contributed by atoms with van der Waals surface area (Å²) < 4.78 is 28.6. The topological polar surface area (TPSA) is 63.7 Å². The molecule has 0 unspecified atom stereocenters. The molecule has 1 fully saturated rings. The number of rotatable bonds is 5. The van der Waals surface area contributed by atoms with Gasteiger partial charge in [0.05, 0.1) is 9.92 Å². The van der Waals surface area contributed by atoms with Gasteiger partial charge in [-0.15, -0.1) is 0 Å². The number of piperidine rings is 1. The highest BCUT2D eigenvalue weighted by atomic mass is 35.5. The third kappa shape index (κ3) is 7.13. The lowest BCUT2D eigenvalue weighted by atomic mass is 9.92. The number of allylic oxidation sites excluding steroid dienone is 1. The van der Waals surface area contributed by atoms with Gasteiger partial charge in [-0.1, -0.05) is 29.8 Å². The predicted molar refractivity (Wildman–Crippen MR) is 113 cm³/mol. The fourth-order valence-corrected chi connectivity index (χ4v) is 4.54. The van der Waals surface area contributed by atoms with Crippen molar-refractivity contribution in [3.05, 3.63) is 34.9 Å². The smallest absolute Gasteiger partial charge is 0.410 e. The van der Waals surface area contributed by atoms with E-state index in [1.807, 2.05) is 26.8 Å². The molecule has 1 aliphatic heterocycles. The maximum atomic E-state index is 12.1. The molecule has 1 amide bonds. The zero-order valence-corrected chi connectivity index (χ0v) is 18.6. The van der Waals surface area contributed by atoms with Crippen LogP contribution in [0.4, 0.5) is 4.79 Å². The van der Waals surface area contributed by atoms with Crippen LogP contribution >= 0.6 is 11.6 Å². The summed E-state index contributed by atoms with van der Waals surface area (Å²) >= 11 is 6.07. The number of halogens is 1. The number of sulfone groups is 1. The number of carbonyl (C=O) groups is 1. The molecule has 28 heavy (non-hydrogen) atoms. The van der Waals surface area contributed by atoms with E-state index in [0.29, 0.717) is 5.92 Å². The molecule has 156 valence electrons. The standard InChI is InChI=1S/C21H30ClNO4S/c1-21(2,3)27-20(24)23-13-11-16(12-14-23)7-5-6-8-17-9-10-19(18(22)15-17)28(4,25)26/h6,8-10,15-16H,5,7,11-14H2,1-4H3/b8-6+. The fourth-order valence-electron chi connectivity index (χ4n) is 3.20. The molecule has 0 aromatic heterocycles. The monoisotopic (exact) mass is 427 g/mol. The van der Waals surface area contributed by atoms with Crippen LogP contribution in [0.1, 0.15) is 52.0 Å². The molecule has 0 aliphatic carbocycles. The molecule has 0 spiro atoms. The van der Waals surface area contributed by atoms with Gasteiger partial charge in [0.15, 0.2) is 9.84 Å². The largest absolute Gasteiger partial charge is 0.444 e. The highest BCUT2D eigenvalue weighted by Crippen LogP contribution is 2.25. The van der Waals surface area contributed by atoms with E-state index in [1.54, 1.807) is 23.1 Å². The summed E-state index contributed by atoms with van der Waals surface area (Å²) in [5.74, 6) is 0.597. The van der Waals surface area contributed by atoms with Gasteiger partial charge in [0.25, 0.3) is 0 Å². The number of nitrogens with zero attached hydrogens (tertiary/aromatic N) is 1. The summed E-state index contributed by atoms with van der Waals surface area (Å²) in [7, 11) is -3.30. The summed E-state index contributed by atoms with van der Waals surface area (Å²) in [4.78, 5) is 14.0. The number of benzene rings is 1. The van der Waals surface area contributed by atoms with Crippen molar-refractivity contribution >= 4 is 33.6 Å². The van der Waals surface area contributed by atoms with Crippen molar-refractivity contribution in [1.29, 1.82) is 0 Å². The molecule has 2 rings (SSSR count). The van der Waals surface area contributed by atoms with Crippen LogP contribution in [0.3, 0.4) is 0 Å². The Morgan fingerprint density at radius 1 is 1.29 bits per heavy atom. The second-order valence-electron chi connectivity index (χ2n) is 8.35. The van der Waals surface area contributed by atoms with Crippen LogP contribution in [0.25, 0.3) is 6.08 Å². The first-order valence-corrected chi connectivity index (χ1v) is 11.9. The van der Waals surface area contributed by atoms with Crippen molar-refractivity contribution in [2.75, 3.05) is 19.3 Å². The SMILES string of the molecule is CC(C)(C)OC(=O)N1CCC(CC/C=C/c2ccc(S(C)(=O)=O)c(Cl)c2)CC1. The molecule has 0 radical (unpaired) electrons. The van der Waals surface area contributed by atoms with Gasteiger partial charge in [0.1, 0.15) is 5.60 Å². The van der Waals surface area contributed by atoms with Crippen LogP contribution in [0.15, 0.2) is 29.2 Å². The summed E-state index contributed by atoms with van der Waals surface area (Å²) in [6.07, 6.45) is 8.96. The van der Waals surface area contributed by atoms with Gasteiger partial charge in [-0.25, -0.2) is 13.2 Å². The summed E-state index contributed by atoms with van der Waals surface area (Å²) in [5.41, 5.74) is 0.429. The first-order valence-electron chi connectivity index (χ1n) is 9.60. The van der Waals surface area contributed by atoms with Crippen LogP contribution in [0.5, 0.6) is 0 Å². The van der Waals surface area contributed by atoms with Gasteiger partial charge in [-0.3, -0.25) is 0 Å². The van der Waals surface area contributed by atoms with Crippen molar-refractivity contribution in [3.8, 4) is 0 Å². The lowest BCUT2D eigenvalue weighted by molar-refractivity contribution is 0.0181. The third-order valence-electron chi connectivity index (χ3n) is 4.67. The van der Waals surface area contributed by atoms with E-state index in [-0.39, 0.29) is 16.0 Å². The van der Waals surface area contributed by atoms with Crippen molar-refractivity contribution < 1.29 is 17.9 Å². The van der Waals surface area contributed by atoms with Gasteiger partial charge < -0.3 is 9.64 Å². The van der Waals surface area contributed by atoms with Crippen LogP contribution in [0, 0.1) is 5.92 Å². The normalized spacial score (nSPS) is 16.5. The number of ether oxygens (including phenoxy) is 1. The molecule has 1 aliphatic rings. The Morgan fingerprint density at radius 2 is 1.93 bits per heavy atom.